The molecule has 29 heavy (non-hydrogen) atoms. The smallest absolute Gasteiger partial charge is 0.310 e. The summed E-state index contributed by atoms with van der Waals surface area (Å²) in [6.45, 7) is 1.58. The topological polar surface area (TPSA) is 55.4 Å². The molecule has 0 unspecified atom stereocenters. The number of nitrogens with one attached hydrogen (secondary N) is 1. The number of hydrogen-bond donors (Lipinski definition) is 1. The SMILES string of the molecule is C[C@H](OC(=O)[C@H]1CC=CC[C@@H]1C(=O)Nc1cccc2ccccc12)C(Cl)=C(Cl)Cl. The molecule has 152 valence electrons. The molecule has 0 saturated carbocycles. The van der Waals surface area contributed by atoms with Gasteiger partial charge in [0, 0.05) is 11.1 Å². The summed E-state index contributed by atoms with van der Waals surface area (Å²) in [6, 6.07) is 13.5. The van der Waals surface area contributed by atoms with E-state index in [9.17, 15) is 9.59 Å². The zero-order valence-corrected chi connectivity index (χ0v) is 18.0. The minimum atomic E-state index is -0.790. The van der Waals surface area contributed by atoms with E-state index in [1.54, 1.807) is 6.92 Å². The minimum Gasteiger partial charge on any atom is -0.457 e. The van der Waals surface area contributed by atoms with Crippen molar-refractivity contribution in [2.45, 2.75) is 25.9 Å². The zero-order chi connectivity index (χ0) is 21.0. The van der Waals surface area contributed by atoms with Gasteiger partial charge in [-0.1, -0.05) is 83.4 Å². The Morgan fingerprint density at radius 2 is 1.66 bits per heavy atom. The second kappa shape index (κ2) is 9.66. The predicted molar refractivity (Wildman–Crippen MR) is 118 cm³/mol. The standard InChI is InChI=1S/C22H20Cl3NO3/c1-13(19(23)20(24)25)29-22(28)17-11-5-4-10-16(17)21(27)26-18-12-6-8-14-7-2-3-9-15(14)18/h2-9,12-13,16-17H,10-11H2,1H3,(H,26,27)/t13-,16-,17-/m0/s1. The van der Waals surface area contributed by atoms with Crippen LogP contribution in [0, 0.1) is 11.8 Å². The van der Waals surface area contributed by atoms with Gasteiger partial charge in [0.1, 0.15) is 10.6 Å². The maximum absolute atomic E-state index is 13.0. The highest BCUT2D eigenvalue weighted by atomic mass is 35.5. The van der Waals surface area contributed by atoms with Gasteiger partial charge in [0.15, 0.2) is 0 Å². The summed E-state index contributed by atoms with van der Waals surface area (Å²) in [6.07, 6.45) is 3.86. The molecule has 1 aliphatic carbocycles. The largest absolute Gasteiger partial charge is 0.457 e. The Morgan fingerprint density at radius 1 is 1.00 bits per heavy atom. The third-order valence-electron chi connectivity index (χ3n) is 4.95. The number of halogens is 3. The Kier molecular flexibility index (Phi) is 7.23. The van der Waals surface area contributed by atoms with Crippen molar-refractivity contribution in [3.05, 3.63) is 64.1 Å². The van der Waals surface area contributed by atoms with Crippen molar-refractivity contribution in [3.63, 3.8) is 0 Å². The van der Waals surface area contributed by atoms with Crippen LogP contribution in [0.5, 0.6) is 0 Å². The van der Waals surface area contributed by atoms with Crippen LogP contribution in [0.15, 0.2) is 64.1 Å². The number of ether oxygens (including phenoxy) is 1. The lowest BCUT2D eigenvalue weighted by Crippen LogP contribution is -2.37. The van der Waals surface area contributed by atoms with Crippen LogP contribution < -0.4 is 5.32 Å². The molecule has 3 atom stereocenters. The molecule has 1 N–H and O–H groups in total. The molecule has 1 amide bonds. The fraction of sp³-hybridized carbons (Fsp3) is 0.273. The lowest BCUT2D eigenvalue weighted by atomic mass is 9.82. The molecule has 0 spiro atoms. The second-order valence-corrected chi connectivity index (χ2v) is 8.22. The van der Waals surface area contributed by atoms with E-state index < -0.39 is 23.9 Å². The molecule has 3 rings (SSSR count). The molecule has 0 aromatic heterocycles. The average molecular weight is 453 g/mol. The highest BCUT2D eigenvalue weighted by Gasteiger charge is 2.36. The Hall–Kier alpha value is -2.01. The number of carbonyl (C=O) groups excluding carboxylic acids is 2. The van der Waals surface area contributed by atoms with Crippen molar-refractivity contribution in [3.8, 4) is 0 Å². The normalized spacial score (nSPS) is 19.4. The summed E-state index contributed by atoms with van der Waals surface area (Å²) in [5, 5.41) is 4.99. The highest BCUT2D eigenvalue weighted by molar-refractivity contribution is 6.59. The summed E-state index contributed by atoms with van der Waals surface area (Å²) in [5.74, 6) is -1.89. The van der Waals surface area contributed by atoms with Gasteiger partial charge in [-0.3, -0.25) is 9.59 Å². The fourth-order valence-electron chi connectivity index (χ4n) is 3.39. The summed E-state index contributed by atoms with van der Waals surface area (Å²) in [4.78, 5) is 25.7. The first kappa shape index (κ1) is 21.7. The van der Waals surface area contributed by atoms with Gasteiger partial charge < -0.3 is 10.1 Å². The molecule has 2 aromatic rings. The molecule has 7 heteroatoms. The number of esters is 1. The van der Waals surface area contributed by atoms with Gasteiger partial charge >= 0.3 is 5.97 Å². The van der Waals surface area contributed by atoms with Gasteiger partial charge in [0.25, 0.3) is 0 Å². The van der Waals surface area contributed by atoms with Crippen molar-refractivity contribution >= 4 is 63.1 Å². The lowest BCUT2D eigenvalue weighted by Gasteiger charge is -2.27. The summed E-state index contributed by atoms with van der Waals surface area (Å²) >= 11 is 17.3. The summed E-state index contributed by atoms with van der Waals surface area (Å²) in [7, 11) is 0. The second-order valence-electron chi connectivity index (χ2n) is 6.86. The van der Waals surface area contributed by atoms with Crippen molar-refractivity contribution in [2.24, 2.45) is 11.8 Å². The number of carbonyl (C=O) groups is 2. The van der Waals surface area contributed by atoms with Crippen LogP contribution >= 0.6 is 34.8 Å². The van der Waals surface area contributed by atoms with Crippen LogP contribution in [0.3, 0.4) is 0 Å². The average Bonchev–Trinajstić information content (AvgIpc) is 2.73. The molecule has 1 aliphatic rings. The van der Waals surface area contributed by atoms with E-state index in [4.69, 9.17) is 39.5 Å². The van der Waals surface area contributed by atoms with E-state index in [2.05, 4.69) is 5.32 Å². The Morgan fingerprint density at radius 3 is 2.38 bits per heavy atom. The maximum Gasteiger partial charge on any atom is 0.310 e. The van der Waals surface area contributed by atoms with Gasteiger partial charge in [-0.15, -0.1) is 0 Å². The van der Waals surface area contributed by atoms with Gasteiger partial charge in [-0.2, -0.15) is 0 Å². The number of allylic oxidation sites excluding steroid dienone is 2. The first-order chi connectivity index (χ1) is 13.9. The van der Waals surface area contributed by atoms with Gasteiger partial charge in [0.2, 0.25) is 5.91 Å². The molecule has 0 saturated heterocycles. The third kappa shape index (κ3) is 5.13. The Bertz CT molecular complexity index is 977. The Labute approximate surface area is 184 Å². The van der Waals surface area contributed by atoms with Crippen LogP contribution in [-0.4, -0.2) is 18.0 Å². The van der Waals surface area contributed by atoms with Crippen molar-refractivity contribution in [1.82, 2.24) is 0 Å². The number of rotatable bonds is 5. The van der Waals surface area contributed by atoms with Crippen LogP contribution in [0.1, 0.15) is 19.8 Å². The fourth-order valence-corrected chi connectivity index (χ4v) is 3.74. The Balaban J connectivity index is 1.77. The summed E-state index contributed by atoms with van der Waals surface area (Å²) < 4.78 is 5.25. The van der Waals surface area contributed by atoms with E-state index in [0.29, 0.717) is 18.5 Å². The summed E-state index contributed by atoms with van der Waals surface area (Å²) in [5.41, 5.74) is 0.711. The molecule has 0 radical (unpaired) electrons. The maximum atomic E-state index is 13.0. The van der Waals surface area contributed by atoms with Crippen molar-refractivity contribution < 1.29 is 14.3 Å². The highest BCUT2D eigenvalue weighted by Crippen LogP contribution is 2.31. The molecular weight excluding hydrogens is 433 g/mol. The monoisotopic (exact) mass is 451 g/mol. The first-order valence-corrected chi connectivity index (χ1v) is 10.4. The molecule has 2 aromatic carbocycles. The molecule has 0 fully saturated rings. The van der Waals surface area contributed by atoms with E-state index in [1.165, 1.54) is 0 Å². The quantitative estimate of drug-likeness (QED) is 0.435. The molecular formula is C22H20Cl3NO3. The van der Waals surface area contributed by atoms with Crippen LogP contribution in [-0.2, 0) is 14.3 Å². The zero-order valence-electron chi connectivity index (χ0n) is 15.7. The van der Waals surface area contributed by atoms with Gasteiger partial charge in [0.05, 0.1) is 16.9 Å². The van der Waals surface area contributed by atoms with Crippen LogP contribution in [0.25, 0.3) is 10.8 Å². The van der Waals surface area contributed by atoms with Crippen LogP contribution in [0.4, 0.5) is 5.69 Å². The van der Waals surface area contributed by atoms with Gasteiger partial charge in [-0.05, 0) is 31.2 Å². The van der Waals surface area contributed by atoms with Crippen molar-refractivity contribution in [1.29, 1.82) is 0 Å². The molecule has 0 aliphatic heterocycles. The molecule has 0 heterocycles. The van der Waals surface area contributed by atoms with E-state index in [1.807, 2.05) is 54.6 Å². The number of hydrogen-bond acceptors (Lipinski definition) is 3. The molecule has 0 bridgehead atoms. The number of anilines is 1. The predicted octanol–water partition coefficient (Wildman–Crippen LogP) is 6.18. The lowest BCUT2D eigenvalue weighted by molar-refractivity contribution is -0.155. The van der Waals surface area contributed by atoms with Gasteiger partial charge in [-0.25, -0.2) is 0 Å². The minimum absolute atomic E-state index is 0.0461. The first-order valence-electron chi connectivity index (χ1n) is 9.23. The third-order valence-corrected chi connectivity index (χ3v) is 6.05. The van der Waals surface area contributed by atoms with E-state index in [-0.39, 0.29) is 15.4 Å². The van der Waals surface area contributed by atoms with E-state index in [0.717, 1.165) is 10.8 Å². The number of amides is 1. The van der Waals surface area contributed by atoms with E-state index >= 15 is 0 Å². The van der Waals surface area contributed by atoms with Crippen LogP contribution in [0.2, 0.25) is 0 Å². The number of benzene rings is 2. The molecule has 4 nitrogen and oxygen atoms in total. The number of fused-ring (bicyclic) bond motifs is 1. The van der Waals surface area contributed by atoms with Crippen molar-refractivity contribution in [2.75, 3.05) is 5.32 Å².